The highest BCUT2D eigenvalue weighted by molar-refractivity contribution is 5.98. The van der Waals surface area contributed by atoms with Crippen LogP contribution in [0.3, 0.4) is 0 Å². The Bertz CT molecular complexity index is 421. The predicted molar refractivity (Wildman–Crippen MR) is 72.0 cm³/mol. The van der Waals surface area contributed by atoms with Gasteiger partial charge < -0.3 is 20.7 Å². The summed E-state index contributed by atoms with van der Waals surface area (Å²) in [7, 11) is 5.27. The minimum absolute atomic E-state index is 0.244. The second kappa shape index (κ2) is 6.20. The van der Waals surface area contributed by atoms with Gasteiger partial charge >= 0.3 is 0 Å². The molecule has 0 radical (unpaired) electrons. The summed E-state index contributed by atoms with van der Waals surface area (Å²) < 4.78 is 5.16. The zero-order valence-corrected chi connectivity index (χ0v) is 11.2. The van der Waals surface area contributed by atoms with Crippen LogP contribution in [-0.4, -0.2) is 38.1 Å². The first-order valence-electron chi connectivity index (χ1n) is 5.78. The molecule has 6 nitrogen and oxygen atoms in total. The van der Waals surface area contributed by atoms with Crippen molar-refractivity contribution in [1.29, 1.82) is 0 Å². The van der Waals surface area contributed by atoms with Crippen molar-refractivity contribution < 1.29 is 9.53 Å². The van der Waals surface area contributed by atoms with E-state index in [9.17, 15) is 4.79 Å². The normalized spacial score (nSPS) is 11.8. The van der Waals surface area contributed by atoms with E-state index in [2.05, 4.69) is 10.3 Å². The molecule has 1 aromatic rings. The number of nitrogens with one attached hydrogen (secondary N) is 1. The second-order valence-corrected chi connectivity index (χ2v) is 4.11. The first kappa shape index (κ1) is 14.2. The summed E-state index contributed by atoms with van der Waals surface area (Å²) in [5, 5.41) is 2.77. The summed E-state index contributed by atoms with van der Waals surface area (Å²) in [6, 6.07) is 1.26. The molecule has 1 atom stereocenters. The van der Waals surface area contributed by atoms with Crippen LogP contribution in [0.4, 0.5) is 11.4 Å². The van der Waals surface area contributed by atoms with E-state index in [4.69, 9.17) is 10.5 Å². The zero-order chi connectivity index (χ0) is 13.7. The van der Waals surface area contributed by atoms with Crippen LogP contribution in [-0.2, 0) is 4.79 Å². The van der Waals surface area contributed by atoms with Crippen LogP contribution < -0.4 is 20.7 Å². The number of aromatic nitrogens is 1. The maximum atomic E-state index is 11.8. The number of methoxy groups -OCH3 is 1. The Morgan fingerprint density at radius 2 is 2.28 bits per heavy atom. The highest BCUT2D eigenvalue weighted by Crippen LogP contribution is 2.31. The molecule has 18 heavy (non-hydrogen) atoms. The smallest absolute Gasteiger partial charge is 0.241 e. The van der Waals surface area contributed by atoms with Gasteiger partial charge in [0.2, 0.25) is 11.8 Å². The Morgan fingerprint density at radius 1 is 1.61 bits per heavy atom. The molecule has 3 N–H and O–H groups in total. The van der Waals surface area contributed by atoms with Crippen molar-refractivity contribution in [2.45, 2.75) is 19.4 Å². The minimum atomic E-state index is -0.537. The Hall–Kier alpha value is -1.82. The van der Waals surface area contributed by atoms with Gasteiger partial charge in [0.05, 0.1) is 18.8 Å². The molecule has 0 aliphatic rings. The number of ether oxygens (including phenoxy) is 1. The number of carbonyl (C=O) groups is 1. The minimum Gasteiger partial charge on any atom is -0.479 e. The standard InChI is InChI=1S/C12H20N4O2/c1-5-8(13)11(17)15-10-9(16(2)3)6-7-14-12(10)18-4/h6-8H,5,13H2,1-4H3,(H,15,17)/t8-/m0/s1. The molecular weight excluding hydrogens is 232 g/mol. The average Bonchev–Trinajstić information content (AvgIpc) is 2.37. The van der Waals surface area contributed by atoms with Gasteiger partial charge in [-0.3, -0.25) is 4.79 Å². The highest BCUT2D eigenvalue weighted by atomic mass is 16.5. The van der Waals surface area contributed by atoms with Gasteiger partial charge in [0, 0.05) is 20.3 Å². The van der Waals surface area contributed by atoms with Crippen LogP contribution in [0, 0.1) is 0 Å². The van der Waals surface area contributed by atoms with Crippen LogP contribution in [0.1, 0.15) is 13.3 Å². The largest absolute Gasteiger partial charge is 0.479 e. The molecule has 1 heterocycles. The number of nitrogens with two attached hydrogens (primary N) is 1. The molecular formula is C12H20N4O2. The molecule has 0 aliphatic carbocycles. The number of hydrogen-bond donors (Lipinski definition) is 2. The van der Waals surface area contributed by atoms with E-state index in [1.54, 1.807) is 12.3 Å². The van der Waals surface area contributed by atoms with Gasteiger partial charge in [-0.2, -0.15) is 0 Å². The van der Waals surface area contributed by atoms with Gasteiger partial charge in [0.1, 0.15) is 5.69 Å². The number of amides is 1. The molecule has 6 heteroatoms. The van der Waals surface area contributed by atoms with Crippen molar-refractivity contribution in [3.8, 4) is 5.88 Å². The molecule has 0 aliphatic heterocycles. The van der Waals surface area contributed by atoms with Crippen molar-refractivity contribution in [3.05, 3.63) is 12.3 Å². The average molecular weight is 252 g/mol. The number of hydrogen-bond acceptors (Lipinski definition) is 5. The molecule has 100 valence electrons. The van der Waals surface area contributed by atoms with Crippen LogP contribution in [0.15, 0.2) is 12.3 Å². The van der Waals surface area contributed by atoms with E-state index >= 15 is 0 Å². The Balaban J connectivity index is 3.08. The van der Waals surface area contributed by atoms with Crippen molar-refractivity contribution in [3.63, 3.8) is 0 Å². The van der Waals surface area contributed by atoms with E-state index in [1.165, 1.54) is 7.11 Å². The van der Waals surface area contributed by atoms with Gasteiger partial charge in [-0.15, -0.1) is 0 Å². The summed E-state index contributed by atoms with van der Waals surface area (Å²) in [6.07, 6.45) is 2.20. The Kier molecular flexibility index (Phi) is 4.91. The quantitative estimate of drug-likeness (QED) is 0.811. The molecule has 1 aromatic heterocycles. The number of anilines is 2. The third kappa shape index (κ3) is 3.10. The third-order valence-electron chi connectivity index (χ3n) is 2.59. The molecule has 0 saturated heterocycles. The lowest BCUT2D eigenvalue weighted by atomic mass is 10.2. The van der Waals surface area contributed by atoms with Crippen molar-refractivity contribution >= 4 is 17.3 Å². The second-order valence-electron chi connectivity index (χ2n) is 4.11. The highest BCUT2D eigenvalue weighted by Gasteiger charge is 2.18. The van der Waals surface area contributed by atoms with Crippen LogP contribution >= 0.6 is 0 Å². The molecule has 0 saturated carbocycles. The van der Waals surface area contributed by atoms with Gasteiger partial charge in [0.25, 0.3) is 0 Å². The molecule has 0 spiro atoms. The summed E-state index contributed by atoms with van der Waals surface area (Å²) in [5.74, 6) is 0.129. The lowest BCUT2D eigenvalue weighted by molar-refractivity contribution is -0.117. The van der Waals surface area contributed by atoms with Crippen molar-refractivity contribution in [2.75, 3.05) is 31.4 Å². The Morgan fingerprint density at radius 3 is 2.78 bits per heavy atom. The maximum absolute atomic E-state index is 11.8. The van der Waals surface area contributed by atoms with Gasteiger partial charge in [-0.1, -0.05) is 6.92 Å². The van der Waals surface area contributed by atoms with E-state index < -0.39 is 6.04 Å². The fraction of sp³-hybridized carbons (Fsp3) is 0.500. The third-order valence-corrected chi connectivity index (χ3v) is 2.59. The van der Waals surface area contributed by atoms with Crippen molar-refractivity contribution in [1.82, 2.24) is 4.98 Å². The summed E-state index contributed by atoms with van der Waals surface area (Å²) in [6.45, 7) is 1.86. The molecule has 0 bridgehead atoms. The first-order chi connectivity index (χ1) is 8.51. The van der Waals surface area contributed by atoms with E-state index in [1.807, 2.05) is 25.9 Å². The van der Waals surface area contributed by atoms with Crippen LogP contribution in [0.5, 0.6) is 5.88 Å². The molecule has 1 rings (SSSR count). The Labute approximate surface area is 107 Å². The number of carbonyl (C=O) groups excluding carboxylic acids is 1. The van der Waals surface area contributed by atoms with E-state index in [0.29, 0.717) is 18.0 Å². The lowest BCUT2D eigenvalue weighted by Gasteiger charge is -2.20. The molecule has 1 amide bonds. The number of pyridine rings is 1. The maximum Gasteiger partial charge on any atom is 0.241 e. The zero-order valence-electron chi connectivity index (χ0n) is 11.2. The van der Waals surface area contributed by atoms with Crippen molar-refractivity contribution in [2.24, 2.45) is 5.73 Å². The number of rotatable bonds is 5. The summed E-state index contributed by atoms with van der Waals surface area (Å²) in [5.41, 5.74) is 7.05. The van der Waals surface area contributed by atoms with E-state index in [-0.39, 0.29) is 5.91 Å². The monoisotopic (exact) mass is 252 g/mol. The number of nitrogens with zero attached hydrogens (tertiary/aromatic N) is 2. The SMILES string of the molecule is CC[C@H](N)C(=O)Nc1c(N(C)C)ccnc1OC. The van der Waals surface area contributed by atoms with Gasteiger partial charge in [-0.05, 0) is 12.5 Å². The molecule has 0 fully saturated rings. The molecule has 0 unspecified atom stereocenters. The van der Waals surface area contributed by atoms with Crippen LogP contribution in [0.25, 0.3) is 0 Å². The van der Waals surface area contributed by atoms with Gasteiger partial charge in [-0.25, -0.2) is 4.98 Å². The fourth-order valence-electron chi connectivity index (χ4n) is 1.48. The first-order valence-corrected chi connectivity index (χ1v) is 5.78. The fourth-order valence-corrected chi connectivity index (χ4v) is 1.48. The summed E-state index contributed by atoms with van der Waals surface area (Å²) in [4.78, 5) is 17.8. The summed E-state index contributed by atoms with van der Waals surface area (Å²) >= 11 is 0. The van der Waals surface area contributed by atoms with Crippen LogP contribution in [0.2, 0.25) is 0 Å². The molecule has 0 aromatic carbocycles. The topological polar surface area (TPSA) is 80.5 Å². The van der Waals surface area contributed by atoms with E-state index in [0.717, 1.165) is 5.69 Å². The lowest BCUT2D eigenvalue weighted by Crippen LogP contribution is -2.35. The predicted octanol–water partition coefficient (Wildman–Crippen LogP) is 0.832. The van der Waals surface area contributed by atoms with Gasteiger partial charge in [0.15, 0.2) is 0 Å².